The van der Waals surface area contributed by atoms with Crippen LogP contribution < -0.4 is 5.73 Å². The lowest BCUT2D eigenvalue weighted by Gasteiger charge is -2.26. The number of ketones is 1. The van der Waals surface area contributed by atoms with Crippen LogP contribution >= 0.6 is 0 Å². The summed E-state index contributed by atoms with van der Waals surface area (Å²) < 4.78 is 0. The van der Waals surface area contributed by atoms with Crippen LogP contribution in [-0.4, -0.2) is 20.7 Å². The molecular weight excluding hydrogens is 360 g/mol. The third-order valence-electron chi connectivity index (χ3n) is 5.69. The van der Waals surface area contributed by atoms with Crippen molar-refractivity contribution in [2.75, 3.05) is 5.73 Å². The molecule has 2 aromatic heterocycles. The molecule has 5 heteroatoms. The highest BCUT2D eigenvalue weighted by molar-refractivity contribution is 6.00. The van der Waals surface area contributed by atoms with Gasteiger partial charge < -0.3 is 5.73 Å². The second-order valence-corrected chi connectivity index (χ2v) is 7.51. The molecule has 4 aromatic rings. The SMILES string of the molecule is Cc1nc(N)nc2c1C(=O)CC(c1ccccc1-c1cncc3ccccc13)C2. The molecule has 0 aliphatic heterocycles. The number of aromatic nitrogens is 3. The lowest BCUT2D eigenvalue weighted by atomic mass is 9.78. The summed E-state index contributed by atoms with van der Waals surface area (Å²) in [5, 5.41) is 2.25. The van der Waals surface area contributed by atoms with Gasteiger partial charge in [-0.25, -0.2) is 9.97 Å². The number of fused-ring (bicyclic) bond motifs is 2. The van der Waals surface area contributed by atoms with Crippen molar-refractivity contribution in [3.63, 3.8) is 0 Å². The number of nitrogens with zero attached hydrogens (tertiary/aromatic N) is 3. The Morgan fingerprint density at radius 2 is 1.72 bits per heavy atom. The largest absolute Gasteiger partial charge is 0.368 e. The highest BCUT2D eigenvalue weighted by atomic mass is 16.1. The Bertz CT molecular complexity index is 1260. The van der Waals surface area contributed by atoms with Crippen LogP contribution in [0.4, 0.5) is 5.95 Å². The van der Waals surface area contributed by atoms with Gasteiger partial charge in [-0.15, -0.1) is 0 Å². The number of pyridine rings is 1. The Balaban J connectivity index is 1.65. The number of nitrogens with two attached hydrogens (primary N) is 1. The quantitative estimate of drug-likeness (QED) is 0.554. The summed E-state index contributed by atoms with van der Waals surface area (Å²) in [5.74, 6) is 0.347. The number of anilines is 1. The van der Waals surface area contributed by atoms with E-state index in [1.54, 1.807) is 0 Å². The van der Waals surface area contributed by atoms with Crippen molar-refractivity contribution in [3.8, 4) is 11.1 Å². The van der Waals surface area contributed by atoms with Crippen molar-refractivity contribution in [2.45, 2.75) is 25.7 Å². The van der Waals surface area contributed by atoms with Gasteiger partial charge in [-0.3, -0.25) is 9.78 Å². The highest BCUT2D eigenvalue weighted by Crippen LogP contribution is 2.39. The molecule has 0 radical (unpaired) electrons. The monoisotopic (exact) mass is 380 g/mol. The third-order valence-corrected chi connectivity index (χ3v) is 5.69. The number of hydrogen-bond donors (Lipinski definition) is 1. The second-order valence-electron chi connectivity index (χ2n) is 7.51. The molecule has 0 amide bonds. The molecule has 0 saturated carbocycles. The smallest absolute Gasteiger partial charge is 0.220 e. The zero-order valence-corrected chi connectivity index (χ0v) is 16.1. The first-order chi connectivity index (χ1) is 14.1. The molecule has 1 aliphatic rings. The molecule has 0 spiro atoms. The van der Waals surface area contributed by atoms with Gasteiger partial charge in [0.05, 0.1) is 17.0 Å². The van der Waals surface area contributed by atoms with E-state index in [1.165, 1.54) is 0 Å². The Kier molecular flexibility index (Phi) is 4.09. The molecule has 142 valence electrons. The maximum Gasteiger partial charge on any atom is 0.220 e. The Hall–Kier alpha value is -3.60. The summed E-state index contributed by atoms with van der Waals surface area (Å²) in [6.45, 7) is 1.82. The van der Waals surface area contributed by atoms with E-state index in [0.717, 1.165) is 33.2 Å². The van der Waals surface area contributed by atoms with E-state index < -0.39 is 0 Å². The van der Waals surface area contributed by atoms with Gasteiger partial charge in [-0.1, -0.05) is 48.5 Å². The van der Waals surface area contributed by atoms with Crippen LogP contribution in [0, 0.1) is 6.92 Å². The fourth-order valence-electron chi connectivity index (χ4n) is 4.45. The van der Waals surface area contributed by atoms with Gasteiger partial charge in [-0.2, -0.15) is 0 Å². The molecular formula is C24H20N4O. The van der Waals surface area contributed by atoms with Crippen molar-refractivity contribution in [1.82, 2.24) is 15.0 Å². The molecule has 5 rings (SSSR count). The molecule has 2 heterocycles. The first-order valence-corrected chi connectivity index (χ1v) is 9.70. The van der Waals surface area contributed by atoms with Crippen LogP contribution in [-0.2, 0) is 6.42 Å². The molecule has 0 bridgehead atoms. The number of rotatable bonds is 2. The molecule has 0 saturated heterocycles. The molecule has 0 fully saturated rings. The zero-order valence-electron chi connectivity index (χ0n) is 16.1. The van der Waals surface area contributed by atoms with E-state index in [9.17, 15) is 4.79 Å². The maximum absolute atomic E-state index is 12.9. The predicted molar refractivity (Wildman–Crippen MR) is 114 cm³/mol. The van der Waals surface area contributed by atoms with Crippen LogP contribution in [0.5, 0.6) is 0 Å². The third kappa shape index (κ3) is 2.95. The first kappa shape index (κ1) is 17.5. The van der Waals surface area contributed by atoms with E-state index in [2.05, 4.69) is 39.2 Å². The summed E-state index contributed by atoms with van der Waals surface area (Å²) in [5.41, 5.74) is 11.2. The topological polar surface area (TPSA) is 81.8 Å². The Morgan fingerprint density at radius 3 is 2.62 bits per heavy atom. The lowest BCUT2D eigenvalue weighted by molar-refractivity contribution is 0.0962. The standard InChI is InChI=1S/C24H20N4O/c1-14-23-21(28-24(25)27-14)10-16(11-22(23)29)18-8-4-5-9-19(18)20-13-26-12-15-6-2-3-7-17(15)20/h2-9,12-13,16H,10-11H2,1H3,(H2,25,27,28). The molecule has 29 heavy (non-hydrogen) atoms. The van der Waals surface area contributed by atoms with Crippen molar-refractivity contribution >= 4 is 22.5 Å². The number of benzene rings is 2. The summed E-state index contributed by atoms with van der Waals surface area (Å²) in [6, 6.07) is 16.5. The molecule has 2 N–H and O–H groups in total. The summed E-state index contributed by atoms with van der Waals surface area (Å²) in [4.78, 5) is 25.9. The van der Waals surface area contributed by atoms with Crippen molar-refractivity contribution in [2.24, 2.45) is 0 Å². The second kappa shape index (κ2) is 6.78. The predicted octanol–water partition coefficient (Wildman–Crippen LogP) is 4.50. The normalized spacial score (nSPS) is 16.0. The van der Waals surface area contributed by atoms with Crippen LogP contribution in [0.15, 0.2) is 60.9 Å². The van der Waals surface area contributed by atoms with Gasteiger partial charge in [0.1, 0.15) is 0 Å². The minimum atomic E-state index is 0.0406. The first-order valence-electron chi connectivity index (χ1n) is 9.70. The van der Waals surface area contributed by atoms with Gasteiger partial charge in [0.25, 0.3) is 0 Å². The number of carbonyl (C=O) groups excluding carboxylic acids is 1. The fraction of sp³-hybridized carbons (Fsp3) is 0.167. The van der Waals surface area contributed by atoms with E-state index in [4.69, 9.17) is 5.73 Å². The minimum absolute atomic E-state index is 0.0406. The molecule has 5 nitrogen and oxygen atoms in total. The van der Waals surface area contributed by atoms with Gasteiger partial charge in [0, 0.05) is 29.8 Å². The summed E-state index contributed by atoms with van der Waals surface area (Å²) in [7, 11) is 0. The number of aryl methyl sites for hydroxylation is 1. The zero-order chi connectivity index (χ0) is 20.0. The maximum atomic E-state index is 12.9. The average Bonchev–Trinajstić information content (AvgIpc) is 2.72. The molecule has 2 aromatic carbocycles. The van der Waals surface area contributed by atoms with Crippen molar-refractivity contribution < 1.29 is 4.79 Å². The summed E-state index contributed by atoms with van der Waals surface area (Å²) >= 11 is 0. The number of carbonyl (C=O) groups is 1. The lowest BCUT2D eigenvalue weighted by Crippen LogP contribution is -2.23. The molecule has 1 unspecified atom stereocenters. The van der Waals surface area contributed by atoms with Gasteiger partial charge in [0.2, 0.25) is 5.95 Å². The van der Waals surface area contributed by atoms with Gasteiger partial charge >= 0.3 is 0 Å². The molecule has 1 aliphatic carbocycles. The van der Waals surface area contributed by atoms with E-state index >= 15 is 0 Å². The van der Waals surface area contributed by atoms with Gasteiger partial charge in [0.15, 0.2) is 5.78 Å². The van der Waals surface area contributed by atoms with Crippen LogP contribution in [0.3, 0.4) is 0 Å². The number of Topliss-reactive ketones (excluding diaryl/α,β-unsaturated/α-hetero) is 1. The van der Waals surface area contributed by atoms with E-state index in [1.807, 2.05) is 43.6 Å². The van der Waals surface area contributed by atoms with E-state index in [-0.39, 0.29) is 17.6 Å². The summed E-state index contributed by atoms with van der Waals surface area (Å²) in [6.07, 6.45) is 4.90. The minimum Gasteiger partial charge on any atom is -0.368 e. The van der Waals surface area contributed by atoms with Crippen LogP contribution in [0.1, 0.15) is 39.6 Å². The molecule has 1 atom stereocenters. The van der Waals surface area contributed by atoms with Crippen molar-refractivity contribution in [3.05, 3.63) is 83.4 Å². The average molecular weight is 380 g/mol. The van der Waals surface area contributed by atoms with Crippen LogP contribution in [0.25, 0.3) is 21.9 Å². The number of nitrogen functional groups attached to an aromatic ring is 1. The fourth-order valence-corrected chi connectivity index (χ4v) is 4.45. The van der Waals surface area contributed by atoms with E-state index in [0.29, 0.717) is 24.1 Å². The Labute approximate surface area is 168 Å². The number of hydrogen-bond acceptors (Lipinski definition) is 5. The highest BCUT2D eigenvalue weighted by Gasteiger charge is 2.31. The Morgan fingerprint density at radius 1 is 0.931 bits per heavy atom. The van der Waals surface area contributed by atoms with Crippen molar-refractivity contribution in [1.29, 1.82) is 0 Å². The van der Waals surface area contributed by atoms with Gasteiger partial charge in [-0.05, 0) is 35.8 Å². The van der Waals surface area contributed by atoms with Crippen LogP contribution in [0.2, 0.25) is 0 Å².